The first-order chi connectivity index (χ1) is 14.1. The van der Waals surface area contributed by atoms with Crippen LogP contribution in [0.2, 0.25) is 0 Å². The molecule has 1 saturated carbocycles. The van der Waals surface area contributed by atoms with E-state index in [0.717, 1.165) is 35.2 Å². The maximum Gasteiger partial charge on any atom is 0.231 e. The molecular weight excluding hydrogens is 434 g/mol. The number of rotatable bonds is 5. The molecule has 5 nitrogen and oxygen atoms in total. The molecule has 1 N–H and O–H groups in total. The molecule has 3 aliphatic rings. The van der Waals surface area contributed by atoms with E-state index in [1.807, 2.05) is 18.2 Å². The number of ether oxygens (including phenoxy) is 3. The Morgan fingerprint density at radius 2 is 1.83 bits per heavy atom. The van der Waals surface area contributed by atoms with Crippen LogP contribution in [0.15, 0.2) is 46.9 Å². The molecule has 2 heterocycles. The lowest BCUT2D eigenvalue weighted by Gasteiger charge is -2.38. The summed E-state index contributed by atoms with van der Waals surface area (Å²) in [5.41, 5.74) is 2.30. The Morgan fingerprint density at radius 1 is 1.07 bits per heavy atom. The Morgan fingerprint density at radius 3 is 2.62 bits per heavy atom. The third-order valence-corrected chi connectivity index (χ3v) is 6.99. The van der Waals surface area contributed by atoms with E-state index in [-0.39, 0.29) is 24.0 Å². The van der Waals surface area contributed by atoms with Crippen molar-refractivity contribution in [2.75, 3.05) is 26.6 Å². The van der Waals surface area contributed by atoms with Crippen LogP contribution in [0.3, 0.4) is 0 Å². The predicted octanol–water partition coefficient (Wildman–Crippen LogP) is 4.15. The smallest absolute Gasteiger partial charge is 0.231 e. The van der Waals surface area contributed by atoms with Gasteiger partial charge in [0, 0.05) is 35.6 Å². The van der Waals surface area contributed by atoms with Crippen molar-refractivity contribution in [2.24, 2.45) is 5.92 Å². The molecule has 1 amide bonds. The van der Waals surface area contributed by atoms with E-state index in [2.05, 4.69) is 45.5 Å². The molecule has 2 aromatic carbocycles. The van der Waals surface area contributed by atoms with Crippen LogP contribution >= 0.6 is 15.9 Å². The number of benzene rings is 2. The van der Waals surface area contributed by atoms with Gasteiger partial charge in [0.1, 0.15) is 0 Å². The van der Waals surface area contributed by atoms with E-state index in [1.165, 1.54) is 11.1 Å². The molecule has 0 spiro atoms. The van der Waals surface area contributed by atoms with Crippen molar-refractivity contribution in [2.45, 2.75) is 30.6 Å². The average Bonchev–Trinajstić information content (AvgIpc) is 3.42. The van der Waals surface area contributed by atoms with Gasteiger partial charge in [0.2, 0.25) is 12.7 Å². The van der Waals surface area contributed by atoms with Gasteiger partial charge in [0.25, 0.3) is 0 Å². The second-order valence-electron chi connectivity index (χ2n) is 8.18. The summed E-state index contributed by atoms with van der Waals surface area (Å²) in [4.78, 5) is 12.9. The number of carbonyl (C=O) groups excluding carboxylic acids is 1. The van der Waals surface area contributed by atoms with E-state index in [4.69, 9.17) is 14.2 Å². The fourth-order valence-electron chi connectivity index (χ4n) is 4.51. The lowest BCUT2D eigenvalue weighted by atomic mass is 9.74. The quantitative estimate of drug-likeness (QED) is 0.732. The summed E-state index contributed by atoms with van der Waals surface area (Å²) in [6.07, 6.45) is 2.69. The second-order valence-corrected chi connectivity index (χ2v) is 9.09. The van der Waals surface area contributed by atoms with Gasteiger partial charge in [0.15, 0.2) is 11.5 Å². The Balaban J connectivity index is 1.28. The van der Waals surface area contributed by atoms with Gasteiger partial charge < -0.3 is 19.5 Å². The van der Waals surface area contributed by atoms with Gasteiger partial charge in [0.05, 0.1) is 0 Å². The topological polar surface area (TPSA) is 56.8 Å². The number of hydrogen-bond acceptors (Lipinski definition) is 4. The van der Waals surface area contributed by atoms with E-state index in [0.29, 0.717) is 25.7 Å². The van der Waals surface area contributed by atoms with Crippen molar-refractivity contribution in [3.63, 3.8) is 0 Å². The highest BCUT2D eigenvalue weighted by Crippen LogP contribution is 2.48. The minimum absolute atomic E-state index is 0.0739. The van der Waals surface area contributed by atoms with Gasteiger partial charge in [-0.05, 0) is 60.6 Å². The van der Waals surface area contributed by atoms with Crippen LogP contribution in [0.5, 0.6) is 11.5 Å². The van der Waals surface area contributed by atoms with Crippen LogP contribution in [-0.4, -0.2) is 32.5 Å². The third-order valence-electron chi connectivity index (χ3n) is 6.46. The Labute approximate surface area is 178 Å². The summed E-state index contributed by atoms with van der Waals surface area (Å²) in [6.45, 7) is 2.30. The van der Waals surface area contributed by atoms with Crippen LogP contribution in [0, 0.1) is 5.92 Å². The molecule has 2 fully saturated rings. The van der Waals surface area contributed by atoms with Crippen LogP contribution in [0.4, 0.5) is 0 Å². The fourth-order valence-corrected chi connectivity index (χ4v) is 4.77. The SMILES string of the molecule is O=C(NCC1(c2ccc3c(c2)OCO3)CCOCC1)C1CC1c1ccc(Br)cc1. The summed E-state index contributed by atoms with van der Waals surface area (Å²) < 4.78 is 17.7. The van der Waals surface area contributed by atoms with Gasteiger partial charge in [-0.2, -0.15) is 0 Å². The zero-order valence-corrected chi connectivity index (χ0v) is 17.7. The van der Waals surface area contributed by atoms with Crippen molar-refractivity contribution in [1.82, 2.24) is 5.32 Å². The Bertz CT molecular complexity index is 908. The third kappa shape index (κ3) is 3.76. The number of nitrogens with one attached hydrogen (secondary N) is 1. The molecule has 0 bridgehead atoms. The van der Waals surface area contributed by atoms with E-state index in [1.54, 1.807) is 0 Å². The first kappa shape index (κ1) is 18.9. The van der Waals surface area contributed by atoms with Gasteiger partial charge in [-0.3, -0.25) is 4.79 Å². The molecule has 2 aromatic rings. The van der Waals surface area contributed by atoms with Crippen molar-refractivity contribution >= 4 is 21.8 Å². The van der Waals surface area contributed by atoms with Crippen LogP contribution < -0.4 is 14.8 Å². The fraction of sp³-hybridized carbons (Fsp3) is 0.435. The maximum absolute atomic E-state index is 12.9. The van der Waals surface area contributed by atoms with Gasteiger partial charge in [-0.1, -0.05) is 34.1 Å². The highest BCUT2D eigenvalue weighted by atomic mass is 79.9. The highest BCUT2D eigenvalue weighted by Gasteiger charge is 2.45. The number of carbonyl (C=O) groups is 1. The lowest BCUT2D eigenvalue weighted by Crippen LogP contribution is -2.45. The zero-order valence-electron chi connectivity index (χ0n) is 16.2. The summed E-state index contributed by atoms with van der Waals surface area (Å²) in [5, 5.41) is 3.26. The van der Waals surface area contributed by atoms with Crippen molar-refractivity contribution in [3.05, 3.63) is 58.1 Å². The molecule has 0 aromatic heterocycles. The molecule has 152 valence electrons. The van der Waals surface area contributed by atoms with Gasteiger partial charge in [-0.25, -0.2) is 0 Å². The second kappa shape index (κ2) is 7.65. The summed E-state index contributed by atoms with van der Waals surface area (Å²) in [7, 11) is 0. The molecule has 0 radical (unpaired) electrons. The van der Waals surface area contributed by atoms with E-state index >= 15 is 0 Å². The molecule has 6 heteroatoms. The monoisotopic (exact) mass is 457 g/mol. The van der Waals surface area contributed by atoms with Crippen molar-refractivity contribution in [3.8, 4) is 11.5 Å². The summed E-state index contributed by atoms with van der Waals surface area (Å²) >= 11 is 3.47. The van der Waals surface area contributed by atoms with Gasteiger partial charge >= 0.3 is 0 Å². The van der Waals surface area contributed by atoms with Crippen LogP contribution in [0.1, 0.15) is 36.3 Å². The van der Waals surface area contributed by atoms with Crippen LogP contribution in [0.25, 0.3) is 0 Å². The van der Waals surface area contributed by atoms with Crippen molar-refractivity contribution in [1.29, 1.82) is 0 Å². The standard InChI is InChI=1S/C23H24BrNO4/c24-17-4-1-15(2-5-17)18-12-19(18)22(26)25-13-23(7-9-27-10-8-23)16-3-6-20-21(11-16)29-14-28-20/h1-6,11,18-19H,7-10,12-14H2,(H,25,26). The minimum atomic E-state index is -0.128. The predicted molar refractivity (Wildman–Crippen MR) is 112 cm³/mol. The van der Waals surface area contributed by atoms with Gasteiger partial charge in [-0.15, -0.1) is 0 Å². The highest BCUT2D eigenvalue weighted by molar-refractivity contribution is 9.10. The van der Waals surface area contributed by atoms with E-state index < -0.39 is 0 Å². The molecule has 5 rings (SSSR count). The molecular formula is C23H24BrNO4. The van der Waals surface area contributed by atoms with Crippen molar-refractivity contribution < 1.29 is 19.0 Å². The molecule has 2 unspecified atom stereocenters. The Hall–Kier alpha value is -2.05. The summed E-state index contributed by atoms with van der Waals surface area (Å²) in [6, 6.07) is 14.4. The first-order valence-corrected chi connectivity index (χ1v) is 10.9. The zero-order chi connectivity index (χ0) is 19.8. The molecule has 1 saturated heterocycles. The minimum Gasteiger partial charge on any atom is -0.454 e. The Kier molecular flexibility index (Phi) is 5.00. The number of amides is 1. The molecule has 29 heavy (non-hydrogen) atoms. The lowest BCUT2D eigenvalue weighted by molar-refractivity contribution is -0.122. The first-order valence-electron chi connectivity index (χ1n) is 10.2. The molecule has 1 aliphatic carbocycles. The maximum atomic E-state index is 12.9. The number of fused-ring (bicyclic) bond motifs is 1. The largest absolute Gasteiger partial charge is 0.454 e. The number of halogens is 1. The van der Waals surface area contributed by atoms with Crippen LogP contribution in [-0.2, 0) is 14.9 Å². The molecule has 2 atom stereocenters. The van der Waals surface area contributed by atoms with E-state index in [9.17, 15) is 4.79 Å². The normalized spacial score (nSPS) is 24.2. The summed E-state index contributed by atoms with van der Waals surface area (Å²) in [5.74, 6) is 2.14. The molecule has 2 aliphatic heterocycles. The average molecular weight is 458 g/mol. The number of hydrogen-bond donors (Lipinski definition) is 1.